The number of amides is 2. The summed E-state index contributed by atoms with van der Waals surface area (Å²) in [5.74, 6) is -0.0787. The van der Waals surface area contributed by atoms with Gasteiger partial charge in [-0.05, 0) is 73.7 Å². The standard InChI is InChI=1S/C32H34N4O3/c1-6-7-15-39-26-13-14-27(22(4)16-26)30-24(20-36(34-30)25-11-9-8-10-12-25)17-28-23(5)29(18-33)32(38)35(31(28)37)19-21(2)3/h8-14,16-17,20-21H,6-7,15,19H2,1-5H3/b28-17+. The number of para-hydroxylation sites is 1. The number of carbonyl (C=O) groups is 2. The molecule has 2 amide bonds. The number of imide groups is 1. The lowest BCUT2D eigenvalue weighted by atomic mass is 9.92. The molecule has 2 heterocycles. The highest BCUT2D eigenvalue weighted by atomic mass is 16.5. The van der Waals surface area contributed by atoms with Crippen LogP contribution in [0.5, 0.6) is 5.75 Å². The number of rotatable bonds is 9. The third kappa shape index (κ3) is 5.85. The first kappa shape index (κ1) is 27.6. The van der Waals surface area contributed by atoms with Gasteiger partial charge in [-0.25, -0.2) is 4.68 Å². The van der Waals surface area contributed by atoms with Crippen molar-refractivity contribution < 1.29 is 14.3 Å². The quantitative estimate of drug-likeness (QED) is 0.188. The van der Waals surface area contributed by atoms with Crippen LogP contribution in [0.15, 0.2) is 71.4 Å². The van der Waals surface area contributed by atoms with Crippen LogP contribution in [0.3, 0.4) is 0 Å². The van der Waals surface area contributed by atoms with Gasteiger partial charge in [-0.15, -0.1) is 0 Å². The predicted octanol–water partition coefficient (Wildman–Crippen LogP) is 6.27. The number of nitriles is 1. The number of aryl methyl sites for hydroxylation is 1. The Hall–Kier alpha value is -4.44. The number of nitrogens with zero attached hydrogens (tertiary/aromatic N) is 4. The molecule has 0 aliphatic carbocycles. The van der Waals surface area contributed by atoms with Gasteiger partial charge in [-0.2, -0.15) is 10.4 Å². The lowest BCUT2D eigenvalue weighted by Crippen LogP contribution is -2.44. The minimum atomic E-state index is -0.541. The maximum absolute atomic E-state index is 13.6. The van der Waals surface area contributed by atoms with E-state index < -0.39 is 11.8 Å². The summed E-state index contributed by atoms with van der Waals surface area (Å²) in [6, 6.07) is 17.7. The van der Waals surface area contributed by atoms with Crippen molar-refractivity contribution in [2.24, 2.45) is 5.92 Å². The Balaban J connectivity index is 1.86. The highest BCUT2D eigenvalue weighted by molar-refractivity contribution is 6.19. The van der Waals surface area contributed by atoms with E-state index in [4.69, 9.17) is 9.84 Å². The molecule has 0 saturated carbocycles. The Morgan fingerprint density at radius 1 is 1.08 bits per heavy atom. The molecule has 0 atom stereocenters. The molecule has 200 valence electrons. The molecule has 1 aliphatic rings. The lowest BCUT2D eigenvalue weighted by Gasteiger charge is -2.28. The van der Waals surface area contributed by atoms with Crippen LogP contribution in [0.4, 0.5) is 0 Å². The minimum Gasteiger partial charge on any atom is -0.494 e. The minimum absolute atomic E-state index is 0.0109. The fourth-order valence-corrected chi connectivity index (χ4v) is 4.56. The van der Waals surface area contributed by atoms with Crippen LogP contribution in [0.1, 0.15) is 51.7 Å². The van der Waals surface area contributed by atoms with Gasteiger partial charge in [0.25, 0.3) is 11.8 Å². The molecule has 4 rings (SSSR count). The first-order chi connectivity index (χ1) is 18.7. The van der Waals surface area contributed by atoms with Crippen molar-refractivity contribution in [3.63, 3.8) is 0 Å². The molecular weight excluding hydrogens is 488 g/mol. The number of unbranched alkanes of at least 4 members (excludes halogenated alkanes) is 1. The van der Waals surface area contributed by atoms with Crippen LogP contribution in [0.25, 0.3) is 23.0 Å². The Kier molecular flexibility index (Phi) is 8.46. The maximum atomic E-state index is 13.6. The number of carbonyl (C=O) groups excluding carboxylic acids is 2. The Labute approximate surface area is 230 Å². The Morgan fingerprint density at radius 2 is 1.82 bits per heavy atom. The summed E-state index contributed by atoms with van der Waals surface area (Å²) in [6.45, 7) is 10.6. The Morgan fingerprint density at radius 3 is 2.46 bits per heavy atom. The van der Waals surface area contributed by atoms with E-state index in [1.165, 1.54) is 4.90 Å². The van der Waals surface area contributed by atoms with Crippen LogP contribution in [-0.2, 0) is 9.59 Å². The molecule has 3 aromatic rings. The van der Waals surface area contributed by atoms with Crippen LogP contribution in [0.2, 0.25) is 0 Å². The summed E-state index contributed by atoms with van der Waals surface area (Å²) >= 11 is 0. The summed E-state index contributed by atoms with van der Waals surface area (Å²) < 4.78 is 7.67. The molecule has 0 unspecified atom stereocenters. The van der Waals surface area contributed by atoms with E-state index in [2.05, 4.69) is 6.92 Å². The molecule has 1 aliphatic heterocycles. The van der Waals surface area contributed by atoms with Gasteiger partial charge >= 0.3 is 0 Å². The fraction of sp³-hybridized carbons (Fsp3) is 0.312. The van der Waals surface area contributed by atoms with Gasteiger partial charge in [0.1, 0.15) is 23.1 Å². The zero-order valence-corrected chi connectivity index (χ0v) is 23.2. The number of hydrogen-bond donors (Lipinski definition) is 0. The molecule has 0 spiro atoms. The van der Waals surface area contributed by atoms with E-state index in [1.54, 1.807) is 17.7 Å². The fourth-order valence-electron chi connectivity index (χ4n) is 4.56. The average molecular weight is 523 g/mol. The van der Waals surface area contributed by atoms with Crippen molar-refractivity contribution in [1.82, 2.24) is 14.7 Å². The van der Waals surface area contributed by atoms with E-state index >= 15 is 0 Å². The van der Waals surface area contributed by atoms with Crippen molar-refractivity contribution in [2.45, 2.75) is 47.5 Å². The molecule has 7 heteroatoms. The number of benzene rings is 2. The molecule has 0 bridgehead atoms. The van der Waals surface area contributed by atoms with Gasteiger partial charge in [-0.3, -0.25) is 14.5 Å². The molecule has 0 N–H and O–H groups in total. The molecule has 39 heavy (non-hydrogen) atoms. The molecule has 7 nitrogen and oxygen atoms in total. The first-order valence-electron chi connectivity index (χ1n) is 13.3. The van der Waals surface area contributed by atoms with Gasteiger partial charge in [0.15, 0.2) is 0 Å². The predicted molar refractivity (Wildman–Crippen MR) is 152 cm³/mol. The summed E-state index contributed by atoms with van der Waals surface area (Å²) in [5.41, 5.74) is 4.84. The summed E-state index contributed by atoms with van der Waals surface area (Å²) in [4.78, 5) is 27.7. The van der Waals surface area contributed by atoms with Gasteiger partial charge in [0, 0.05) is 29.4 Å². The van der Waals surface area contributed by atoms with Gasteiger partial charge in [-0.1, -0.05) is 45.4 Å². The maximum Gasteiger partial charge on any atom is 0.271 e. The summed E-state index contributed by atoms with van der Waals surface area (Å²) in [5, 5.41) is 14.7. The monoisotopic (exact) mass is 522 g/mol. The van der Waals surface area contributed by atoms with Crippen molar-refractivity contribution in [1.29, 1.82) is 5.26 Å². The SMILES string of the molecule is CCCCOc1ccc(-c2nn(-c3ccccc3)cc2/C=C2/C(=O)N(CC(C)C)C(=O)C(C#N)=C2C)c(C)c1. The highest BCUT2D eigenvalue weighted by Gasteiger charge is 2.36. The first-order valence-corrected chi connectivity index (χ1v) is 13.3. The topological polar surface area (TPSA) is 88.2 Å². The summed E-state index contributed by atoms with van der Waals surface area (Å²) in [6.07, 6.45) is 5.68. The van der Waals surface area contributed by atoms with Gasteiger partial charge < -0.3 is 4.74 Å². The van der Waals surface area contributed by atoms with Crippen molar-refractivity contribution in [3.8, 4) is 28.8 Å². The second kappa shape index (κ2) is 12.0. The second-order valence-electron chi connectivity index (χ2n) is 10.2. The molecular formula is C32H34N4O3. The van der Waals surface area contributed by atoms with Crippen molar-refractivity contribution in [3.05, 3.63) is 82.6 Å². The zero-order valence-electron chi connectivity index (χ0n) is 23.2. The summed E-state index contributed by atoms with van der Waals surface area (Å²) in [7, 11) is 0. The normalized spacial score (nSPS) is 14.9. The number of ether oxygens (including phenoxy) is 1. The second-order valence-corrected chi connectivity index (χ2v) is 10.2. The number of hydrogen-bond acceptors (Lipinski definition) is 5. The zero-order chi connectivity index (χ0) is 28.1. The Bertz CT molecular complexity index is 1490. The third-order valence-electron chi connectivity index (χ3n) is 6.66. The highest BCUT2D eigenvalue weighted by Crippen LogP contribution is 2.33. The van der Waals surface area contributed by atoms with E-state index in [0.29, 0.717) is 29.0 Å². The molecule has 0 fully saturated rings. The van der Waals surface area contributed by atoms with Crippen LogP contribution >= 0.6 is 0 Å². The average Bonchev–Trinajstić information content (AvgIpc) is 3.33. The van der Waals surface area contributed by atoms with Crippen LogP contribution in [0, 0.1) is 24.2 Å². The van der Waals surface area contributed by atoms with E-state index in [9.17, 15) is 14.9 Å². The number of aromatic nitrogens is 2. The lowest BCUT2D eigenvalue weighted by molar-refractivity contribution is -0.141. The largest absolute Gasteiger partial charge is 0.494 e. The molecule has 1 aromatic heterocycles. The van der Waals surface area contributed by atoms with Crippen molar-refractivity contribution >= 4 is 17.9 Å². The van der Waals surface area contributed by atoms with E-state index in [0.717, 1.165) is 35.4 Å². The van der Waals surface area contributed by atoms with Crippen LogP contribution in [-0.4, -0.2) is 39.6 Å². The smallest absolute Gasteiger partial charge is 0.271 e. The van der Waals surface area contributed by atoms with Gasteiger partial charge in [0.2, 0.25) is 0 Å². The van der Waals surface area contributed by atoms with Crippen LogP contribution < -0.4 is 4.74 Å². The van der Waals surface area contributed by atoms with Gasteiger partial charge in [0.05, 0.1) is 12.3 Å². The van der Waals surface area contributed by atoms with E-state index in [1.807, 2.05) is 81.6 Å². The molecule has 0 radical (unpaired) electrons. The molecule has 0 saturated heterocycles. The molecule has 2 aromatic carbocycles. The van der Waals surface area contributed by atoms with Crippen molar-refractivity contribution in [2.75, 3.05) is 13.2 Å². The van der Waals surface area contributed by atoms with E-state index in [-0.39, 0.29) is 18.0 Å². The third-order valence-corrected chi connectivity index (χ3v) is 6.66.